The molecule has 0 aromatic carbocycles. The first kappa shape index (κ1) is 13.8. The molecule has 0 aliphatic carbocycles. The molecule has 0 N–H and O–H groups in total. The molecule has 2 aromatic rings. The number of carbonyl (C=O) groups is 1. The van der Waals surface area contributed by atoms with Crippen LogP contribution in [0.4, 0.5) is 0 Å². The average Bonchev–Trinajstić information content (AvgIpc) is 2.86. The van der Waals surface area contributed by atoms with E-state index in [1.807, 2.05) is 12.1 Å². The van der Waals surface area contributed by atoms with Crippen LogP contribution in [0.1, 0.15) is 33.5 Å². The van der Waals surface area contributed by atoms with Gasteiger partial charge in [0, 0.05) is 24.5 Å². The van der Waals surface area contributed by atoms with Crippen molar-refractivity contribution < 1.29 is 14.1 Å². The van der Waals surface area contributed by atoms with Crippen molar-refractivity contribution in [3.05, 3.63) is 47.1 Å². The first-order valence-corrected chi connectivity index (χ1v) is 6.90. The summed E-state index contributed by atoms with van der Waals surface area (Å²) in [7, 11) is 0. The molecular formula is C15H17N3O3. The highest BCUT2D eigenvalue weighted by Crippen LogP contribution is 2.24. The lowest BCUT2D eigenvalue weighted by Crippen LogP contribution is -2.42. The van der Waals surface area contributed by atoms with Crippen LogP contribution in [-0.2, 0) is 4.74 Å². The number of nitrogens with zero attached hydrogens (tertiary/aromatic N) is 3. The molecule has 21 heavy (non-hydrogen) atoms. The van der Waals surface area contributed by atoms with Crippen LogP contribution in [0.25, 0.3) is 0 Å². The number of ether oxygens (including phenoxy) is 1. The third-order valence-corrected chi connectivity index (χ3v) is 3.66. The predicted molar refractivity (Wildman–Crippen MR) is 74.8 cm³/mol. The summed E-state index contributed by atoms with van der Waals surface area (Å²) in [6.07, 6.45) is 3.35. The summed E-state index contributed by atoms with van der Waals surface area (Å²) in [5.41, 5.74) is 2.16. The van der Waals surface area contributed by atoms with E-state index < -0.39 is 0 Å². The summed E-state index contributed by atoms with van der Waals surface area (Å²) in [6, 6.07) is 3.83. The molecule has 1 aliphatic rings. The number of amides is 1. The van der Waals surface area contributed by atoms with E-state index >= 15 is 0 Å². The molecule has 110 valence electrons. The Hall–Kier alpha value is -2.21. The van der Waals surface area contributed by atoms with E-state index in [0.717, 1.165) is 5.56 Å². The highest BCUT2D eigenvalue weighted by molar-refractivity contribution is 5.96. The Bertz CT molecular complexity index is 619. The zero-order valence-corrected chi connectivity index (χ0v) is 12.1. The van der Waals surface area contributed by atoms with E-state index in [-0.39, 0.29) is 12.0 Å². The van der Waals surface area contributed by atoms with Crippen molar-refractivity contribution in [1.82, 2.24) is 15.0 Å². The van der Waals surface area contributed by atoms with E-state index in [4.69, 9.17) is 9.26 Å². The van der Waals surface area contributed by atoms with Crippen LogP contribution in [0, 0.1) is 13.8 Å². The van der Waals surface area contributed by atoms with Gasteiger partial charge in [-0.3, -0.25) is 9.78 Å². The normalized spacial score (nSPS) is 18.8. The van der Waals surface area contributed by atoms with E-state index in [1.54, 1.807) is 31.1 Å². The molecule has 6 nitrogen and oxygen atoms in total. The Labute approximate surface area is 122 Å². The van der Waals surface area contributed by atoms with Gasteiger partial charge in [0.25, 0.3) is 5.91 Å². The summed E-state index contributed by atoms with van der Waals surface area (Å²) in [4.78, 5) is 18.5. The molecule has 1 atom stereocenters. The summed E-state index contributed by atoms with van der Waals surface area (Å²) >= 11 is 0. The van der Waals surface area contributed by atoms with Gasteiger partial charge in [0.05, 0.1) is 18.8 Å². The second kappa shape index (κ2) is 5.65. The Kier molecular flexibility index (Phi) is 3.70. The van der Waals surface area contributed by atoms with Gasteiger partial charge in [0.15, 0.2) is 0 Å². The Morgan fingerprint density at radius 1 is 1.43 bits per heavy atom. The highest BCUT2D eigenvalue weighted by Gasteiger charge is 2.29. The molecule has 1 fully saturated rings. The van der Waals surface area contributed by atoms with Gasteiger partial charge in [0.2, 0.25) is 0 Å². The minimum atomic E-state index is -0.142. The largest absolute Gasteiger partial charge is 0.370 e. The number of carbonyl (C=O) groups excluding carboxylic acids is 1. The van der Waals surface area contributed by atoms with Gasteiger partial charge >= 0.3 is 0 Å². The molecule has 0 spiro atoms. The molecule has 0 saturated carbocycles. The minimum Gasteiger partial charge on any atom is -0.370 e. The van der Waals surface area contributed by atoms with Crippen LogP contribution in [0.3, 0.4) is 0 Å². The number of hydrogen-bond acceptors (Lipinski definition) is 5. The maximum atomic E-state index is 12.6. The lowest BCUT2D eigenvalue weighted by Gasteiger charge is -2.33. The van der Waals surface area contributed by atoms with Gasteiger partial charge < -0.3 is 14.2 Å². The molecule has 3 rings (SSSR count). The van der Waals surface area contributed by atoms with Gasteiger partial charge in [-0.05, 0) is 19.9 Å². The van der Waals surface area contributed by atoms with Crippen molar-refractivity contribution in [3.63, 3.8) is 0 Å². The summed E-state index contributed by atoms with van der Waals surface area (Å²) in [5, 5.41) is 3.85. The topological polar surface area (TPSA) is 68.5 Å². The highest BCUT2D eigenvalue weighted by atomic mass is 16.5. The Morgan fingerprint density at radius 2 is 2.29 bits per heavy atom. The van der Waals surface area contributed by atoms with Gasteiger partial charge in [-0.2, -0.15) is 0 Å². The van der Waals surface area contributed by atoms with Crippen molar-refractivity contribution in [2.24, 2.45) is 0 Å². The van der Waals surface area contributed by atoms with Crippen molar-refractivity contribution >= 4 is 5.91 Å². The van der Waals surface area contributed by atoms with Crippen molar-refractivity contribution in [2.45, 2.75) is 20.0 Å². The zero-order chi connectivity index (χ0) is 14.8. The fourth-order valence-corrected chi connectivity index (χ4v) is 2.55. The molecular weight excluding hydrogens is 270 g/mol. The smallest absolute Gasteiger partial charge is 0.259 e. The van der Waals surface area contributed by atoms with Crippen molar-refractivity contribution in [1.29, 1.82) is 0 Å². The van der Waals surface area contributed by atoms with E-state index in [9.17, 15) is 4.79 Å². The summed E-state index contributed by atoms with van der Waals surface area (Å²) in [5.74, 6) is 0.505. The SMILES string of the molecule is Cc1noc(C)c1C(=O)N1CCO[C@@H](c2cccnc2)C1. The Balaban J connectivity index is 1.79. The number of morpholine rings is 1. The van der Waals surface area contributed by atoms with Crippen LogP contribution in [0.5, 0.6) is 0 Å². The van der Waals surface area contributed by atoms with Gasteiger partial charge in [-0.1, -0.05) is 11.2 Å². The quantitative estimate of drug-likeness (QED) is 0.844. The molecule has 1 aliphatic heterocycles. The number of rotatable bonds is 2. The van der Waals surface area contributed by atoms with Crippen LogP contribution in [-0.4, -0.2) is 40.6 Å². The van der Waals surface area contributed by atoms with Crippen LogP contribution < -0.4 is 0 Å². The average molecular weight is 287 g/mol. The number of aryl methyl sites for hydroxylation is 2. The van der Waals surface area contributed by atoms with Crippen molar-refractivity contribution in [3.8, 4) is 0 Å². The molecule has 0 radical (unpaired) electrons. The van der Waals surface area contributed by atoms with Crippen LogP contribution in [0.15, 0.2) is 29.0 Å². The van der Waals surface area contributed by atoms with Gasteiger partial charge in [-0.15, -0.1) is 0 Å². The monoisotopic (exact) mass is 287 g/mol. The molecule has 1 amide bonds. The first-order valence-electron chi connectivity index (χ1n) is 6.90. The number of pyridine rings is 1. The second-order valence-electron chi connectivity index (χ2n) is 5.10. The first-order chi connectivity index (χ1) is 10.2. The standard InChI is InChI=1S/C15H17N3O3/c1-10-14(11(2)21-17-10)15(19)18-6-7-20-13(9-18)12-4-3-5-16-8-12/h3-5,8,13H,6-7,9H2,1-2H3/t13-/m1/s1. The van der Waals surface area contributed by atoms with Gasteiger partial charge in [0.1, 0.15) is 17.4 Å². The fourth-order valence-electron chi connectivity index (χ4n) is 2.55. The number of aromatic nitrogens is 2. The third kappa shape index (κ3) is 2.67. The predicted octanol–water partition coefficient (Wildman–Crippen LogP) is 1.90. The fraction of sp³-hybridized carbons (Fsp3) is 0.400. The van der Waals surface area contributed by atoms with E-state index in [0.29, 0.717) is 36.7 Å². The van der Waals surface area contributed by atoms with E-state index in [2.05, 4.69) is 10.1 Å². The maximum absolute atomic E-state index is 12.6. The molecule has 1 saturated heterocycles. The van der Waals surface area contributed by atoms with E-state index in [1.165, 1.54) is 0 Å². The number of hydrogen-bond donors (Lipinski definition) is 0. The second-order valence-corrected chi connectivity index (χ2v) is 5.10. The summed E-state index contributed by atoms with van der Waals surface area (Å²) in [6.45, 7) is 5.12. The third-order valence-electron chi connectivity index (χ3n) is 3.66. The molecule has 0 unspecified atom stereocenters. The van der Waals surface area contributed by atoms with Crippen LogP contribution in [0.2, 0.25) is 0 Å². The molecule has 0 bridgehead atoms. The van der Waals surface area contributed by atoms with Crippen molar-refractivity contribution in [2.75, 3.05) is 19.7 Å². The van der Waals surface area contributed by atoms with Crippen LogP contribution >= 0.6 is 0 Å². The molecule has 6 heteroatoms. The minimum absolute atomic E-state index is 0.0524. The van der Waals surface area contributed by atoms with Gasteiger partial charge in [-0.25, -0.2) is 0 Å². The lowest BCUT2D eigenvalue weighted by molar-refractivity contribution is -0.0230. The zero-order valence-electron chi connectivity index (χ0n) is 12.1. The lowest BCUT2D eigenvalue weighted by atomic mass is 10.1. The maximum Gasteiger partial charge on any atom is 0.259 e. The Morgan fingerprint density at radius 3 is 2.95 bits per heavy atom. The molecule has 2 aromatic heterocycles. The molecule has 3 heterocycles. The summed E-state index contributed by atoms with van der Waals surface area (Å²) < 4.78 is 10.8.